The van der Waals surface area contributed by atoms with Crippen LogP contribution in [0, 0.1) is 0 Å². The number of methoxy groups -OCH3 is 1. The third kappa shape index (κ3) is 2.72. The van der Waals surface area contributed by atoms with Gasteiger partial charge in [-0.2, -0.15) is 0 Å². The molecule has 0 atom stereocenters. The van der Waals surface area contributed by atoms with Gasteiger partial charge in [0.15, 0.2) is 23.7 Å². The molecule has 0 fully saturated rings. The fourth-order valence-electron chi connectivity index (χ4n) is 2.25. The molecule has 0 radical (unpaired) electrons. The van der Waals surface area contributed by atoms with Crippen molar-refractivity contribution in [3.63, 3.8) is 0 Å². The molecule has 1 heterocycles. The molecule has 3 rings (SSSR count). The molecule has 0 saturated carbocycles. The summed E-state index contributed by atoms with van der Waals surface area (Å²) >= 11 is 0. The zero-order chi connectivity index (χ0) is 16.4. The first-order valence-corrected chi connectivity index (χ1v) is 6.81. The summed E-state index contributed by atoms with van der Waals surface area (Å²) in [6, 6.07) is 11.7. The standard InChI is InChI=1S/C17H14O6/c1-21-9-22-14-8-13-15(17(20)16(14)19)11(18)7-12(23-13)10-5-3-2-4-6-10/h2-8,19-20H,9H2,1H3. The van der Waals surface area contributed by atoms with Crippen LogP contribution in [0.5, 0.6) is 17.2 Å². The van der Waals surface area contributed by atoms with Gasteiger partial charge in [-0.15, -0.1) is 0 Å². The summed E-state index contributed by atoms with van der Waals surface area (Å²) in [6.45, 7) is -0.124. The third-order valence-corrected chi connectivity index (χ3v) is 3.32. The molecular weight excluding hydrogens is 300 g/mol. The Hall–Kier alpha value is -2.99. The van der Waals surface area contributed by atoms with E-state index in [9.17, 15) is 15.0 Å². The highest BCUT2D eigenvalue weighted by Crippen LogP contribution is 2.41. The summed E-state index contributed by atoms with van der Waals surface area (Å²) in [5.74, 6) is -0.799. The highest BCUT2D eigenvalue weighted by atomic mass is 16.7. The van der Waals surface area contributed by atoms with Gasteiger partial charge in [-0.05, 0) is 0 Å². The van der Waals surface area contributed by atoms with Gasteiger partial charge in [0, 0.05) is 24.8 Å². The fourth-order valence-corrected chi connectivity index (χ4v) is 2.25. The fraction of sp³-hybridized carbons (Fsp3) is 0.118. The summed E-state index contributed by atoms with van der Waals surface area (Å²) in [5, 5.41) is 19.9. The number of hydrogen-bond acceptors (Lipinski definition) is 6. The molecule has 0 bridgehead atoms. The minimum Gasteiger partial charge on any atom is -0.504 e. The van der Waals surface area contributed by atoms with E-state index in [0.29, 0.717) is 5.76 Å². The lowest BCUT2D eigenvalue weighted by atomic mass is 10.1. The average Bonchev–Trinajstić information content (AvgIpc) is 2.57. The quantitative estimate of drug-likeness (QED) is 0.568. The minimum absolute atomic E-state index is 0.0368. The predicted molar refractivity (Wildman–Crippen MR) is 83.8 cm³/mol. The Kier molecular flexibility index (Phi) is 3.91. The van der Waals surface area contributed by atoms with Crippen molar-refractivity contribution in [1.29, 1.82) is 0 Å². The van der Waals surface area contributed by atoms with Crippen LogP contribution in [0.1, 0.15) is 0 Å². The first-order valence-electron chi connectivity index (χ1n) is 6.81. The maximum atomic E-state index is 12.3. The molecule has 0 unspecified atom stereocenters. The Morgan fingerprint density at radius 1 is 1.09 bits per heavy atom. The van der Waals surface area contributed by atoms with Gasteiger partial charge in [-0.1, -0.05) is 30.3 Å². The van der Waals surface area contributed by atoms with Crippen molar-refractivity contribution in [3.05, 3.63) is 52.7 Å². The van der Waals surface area contributed by atoms with Crippen LogP contribution in [0.15, 0.2) is 51.7 Å². The predicted octanol–water partition coefficient (Wildman–Crippen LogP) is 2.85. The highest BCUT2D eigenvalue weighted by Gasteiger charge is 2.18. The number of fused-ring (bicyclic) bond motifs is 1. The van der Waals surface area contributed by atoms with Crippen LogP contribution < -0.4 is 10.2 Å². The molecule has 0 spiro atoms. The molecule has 2 N–H and O–H groups in total. The van der Waals surface area contributed by atoms with Crippen molar-refractivity contribution in [2.75, 3.05) is 13.9 Å². The minimum atomic E-state index is -0.582. The van der Waals surface area contributed by atoms with E-state index < -0.39 is 16.9 Å². The van der Waals surface area contributed by atoms with Gasteiger partial charge in [0.25, 0.3) is 0 Å². The third-order valence-electron chi connectivity index (χ3n) is 3.32. The zero-order valence-corrected chi connectivity index (χ0v) is 12.3. The number of hydrogen-bond donors (Lipinski definition) is 2. The average molecular weight is 314 g/mol. The van der Waals surface area contributed by atoms with Crippen LogP contribution in [-0.2, 0) is 4.74 Å². The second-order valence-corrected chi connectivity index (χ2v) is 4.84. The van der Waals surface area contributed by atoms with Gasteiger partial charge in [0.1, 0.15) is 16.7 Å². The van der Waals surface area contributed by atoms with Gasteiger partial charge >= 0.3 is 0 Å². The van der Waals surface area contributed by atoms with Gasteiger partial charge in [-0.3, -0.25) is 4.79 Å². The number of rotatable bonds is 4. The van der Waals surface area contributed by atoms with E-state index in [2.05, 4.69) is 0 Å². The maximum Gasteiger partial charge on any atom is 0.201 e. The van der Waals surface area contributed by atoms with Crippen molar-refractivity contribution in [3.8, 4) is 28.6 Å². The van der Waals surface area contributed by atoms with Crippen molar-refractivity contribution < 1.29 is 24.1 Å². The summed E-state index contributed by atoms with van der Waals surface area (Å²) in [4.78, 5) is 12.3. The molecule has 0 aliphatic rings. The van der Waals surface area contributed by atoms with Crippen LogP contribution in [-0.4, -0.2) is 24.1 Å². The monoisotopic (exact) mass is 314 g/mol. The second-order valence-electron chi connectivity index (χ2n) is 4.84. The van der Waals surface area contributed by atoms with Gasteiger partial charge in [-0.25, -0.2) is 0 Å². The van der Waals surface area contributed by atoms with E-state index >= 15 is 0 Å². The topological polar surface area (TPSA) is 89.1 Å². The second kappa shape index (κ2) is 6.02. The van der Waals surface area contributed by atoms with Gasteiger partial charge in [0.2, 0.25) is 5.75 Å². The molecule has 0 aliphatic heterocycles. The Balaban J connectivity index is 2.23. The van der Waals surface area contributed by atoms with Crippen molar-refractivity contribution in [1.82, 2.24) is 0 Å². The molecule has 6 nitrogen and oxygen atoms in total. The zero-order valence-electron chi connectivity index (χ0n) is 12.3. The number of benzene rings is 2. The number of aromatic hydroxyl groups is 2. The Morgan fingerprint density at radius 3 is 2.52 bits per heavy atom. The Morgan fingerprint density at radius 2 is 1.83 bits per heavy atom. The van der Waals surface area contributed by atoms with Crippen LogP contribution in [0.3, 0.4) is 0 Å². The summed E-state index contributed by atoms with van der Waals surface area (Å²) in [5.41, 5.74) is 0.368. The molecule has 23 heavy (non-hydrogen) atoms. The highest BCUT2D eigenvalue weighted by molar-refractivity contribution is 5.89. The molecule has 0 amide bonds. The lowest BCUT2D eigenvalue weighted by molar-refractivity contribution is 0.0490. The Bertz CT molecular complexity index is 898. The first-order chi connectivity index (χ1) is 11.1. The van der Waals surface area contributed by atoms with Crippen LogP contribution in [0.25, 0.3) is 22.3 Å². The van der Waals surface area contributed by atoms with Crippen LogP contribution >= 0.6 is 0 Å². The van der Waals surface area contributed by atoms with E-state index in [1.54, 1.807) is 12.1 Å². The summed E-state index contributed by atoms with van der Waals surface area (Å²) in [7, 11) is 1.42. The van der Waals surface area contributed by atoms with E-state index in [4.69, 9.17) is 13.9 Å². The number of phenols is 2. The van der Waals surface area contributed by atoms with Crippen LogP contribution in [0.4, 0.5) is 0 Å². The van der Waals surface area contributed by atoms with Crippen molar-refractivity contribution in [2.24, 2.45) is 0 Å². The molecule has 6 heteroatoms. The molecule has 118 valence electrons. The smallest absolute Gasteiger partial charge is 0.201 e. The van der Waals surface area contributed by atoms with E-state index in [-0.39, 0.29) is 23.5 Å². The first kappa shape index (κ1) is 14.9. The molecule has 3 aromatic rings. The molecule has 1 aromatic heterocycles. The summed E-state index contributed by atoms with van der Waals surface area (Å²) < 4.78 is 15.6. The normalized spacial score (nSPS) is 10.8. The number of ether oxygens (including phenoxy) is 2. The van der Waals surface area contributed by atoms with Crippen molar-refractivity contribution in [2.45, 2.75) is 0 Å². The molecule has 0 saturated heterocycles. The van der Waals surface area contributed by atoms with Crippen LogP contribution in [0.2, 0.25) is 0 Å². The van der Waals surface area contributed by atoms with Gasteiger partial charge < -0.3 is 24.1 Å². The molecule has 0 aliphatic carbocycles. The van der Waals surface area contributed by atoms with E-state index in [1.165, 1.54) is 19.2 Å². The van der Waals surface area contributed by atoms with E-state index in [1.807, 2.05) is 18.2 Å². The largest absolute Gasteiger partial charge is 0.504 e. The Labute approximate surface area is 131 Å². The van der Waals surface area contributed by atoms with Gasteiger partial charge in [0.05, 0.1) is 0 Å². The summed E-state index contributed by atoms with van der Waals surface area (Å²) in [6.07, 6.45) is 0. The SMILES string of the molecule is COCOc1cc2oc(-c3ccccc3)cc(=O)c2c(O)c1O. The van der Waals surface area contributed by atoms with E-state index in [0.717, 1.165) is 5.56 Å². The van der Waals surface area contributed by atoms with Crippen molar-refractivity contribution >= 4 is 11.0 Å². The molecular formula is C17H14O6. The lowest BCUT2D eigenvalue weighted by Gasteiger charge is -2.10. The molecule has 2 aromatic carbocycles. The maximum absolute atomic E-state index is 12.3. The lowest BCUT2D eigenvalue weighted by Crippen LogP contribution is -2.03. The number of phenolic OH excluding ortho intramolecular Hbond substituents is 2.